The molecule has 17 heavy (non-hydrogen) atoms. The van der Waals surface area contributed by atoms with E-state index in [0.29, 0.717) is 5.92 Å². The summed E-state index contributed by atoms with van der Waals surface area (Å²) in [5.74, 6) is 0.595. The molecule has 1 unspecified atom stereocenters. The number of benzene rings is 1. The smallest absolute Gasteiger partial charge is 0.0506 e. The maximum atomic E-state index is 5.69. The zero-order valence-corrected chi connectivity index (χ0v) is 11.1. The Kier molecular flexibility index (Phi) is 7.69. The molecule has 0 saturated carbocycles. The van der Waals surface area contributed by atoms with Gasteiger partial charge >= 0.3 is 0 Å². The third kappa shape index (κ3) is 7.14. The SMILES string of the molecule is CCCNCC(C)COCCc1ccccc1. The average Bonchev–Trinajstić information content (AvgIpc) is 2.36. The summed E-state index contributed by atoms with van der Waals surface area (Å²) in [5.41, 5.74) is 1.35. The van der Waals surface area contributed by atoms with Crippen LogP contribution < -0.4 is 5.32 Å². The van der Waals surface area contributed by atoms with E-state index in [0.717, 1.165) is 32.7 Å². The summed E-state index contributed by atoms with van der Waals surface area (Å²) in [7, 11) is 0. The number of nitrogens with one attached hydrogen (secondary N) is 1. The summed E-state index contributed by atoms with van der Waals surface area (Å²) in [5, 5.41) is 3.41. The van der Waals surface area contributed by atoms with E-state index in [1.54, 1.807) is 0 Å². The van der Waals surface area contributed by atoms with Gasteiger partial charge in [-0.3, -0.25) is 0 Å². The van der Waals surface area contributed by atoms with Gasteiger partial charge in [-0.2, -0.15) is 0 Å². The second kappa shape index (κ2) is 9.20. The van der Waals surface area contributed by atoms with E-state index >= 15 is 0 Å². The quantitative estimate of drug-likeness (QED) is 0.665. The van der Waals surface area contributed by atoms with Crippen LogP contribution >= 0.6 is 0 Å². The van der Waals surface area contributed by atoms with E-state index in [9.17, 15) is 0 Å². The molecule has 0 amide bonds. The van der Waals surface area contributed by atoms with Crippen molar-refractivity contribution in [1.82, 2.24) is 5.32 Å². The molecule has 0 radical (unpaired) electrons. The Balaban J connectivity index is 2.00. The molecule has 0 bridgehead atoms. The van der Waals surface area contributed by atoms with Crippen LogP contribution in [0, 0.1) is 5.92 Å². The van der Waals surface area contributed by atoms with Crippen LogP contribution in [0.1, 0.15) is 25.8 Å². The van der Waals surface area contributed by atoms with Crippen LogP contribution in [-0.4, -0.2) is 26.3 Å². The molecular weight excluding hydrogens is 210 g/mol. The second-order valence-electron chi connectivity index (χ2n) is 4.62. The summed E-state index contributed by atoms with van der Waals surface area (Å²) in [4.78, 5) is 0. The Bertz CT molecular complexity index is 274. The van der Waals surface area contributed by atoms with Gasteiger partial charge in [-0.15, -0.1) is 0 Å². The van der Waals surface area contributed by atoms with Gasteiger partial charge in [0.1, 0.15) is 0 Å². The number of ether oxygens (including phenoxy) is 1. The summed E-state index contributed by atoms with van der Waals surface area (Å²) >= 11 is 0. The molecule has 0 aliphatic heterocycles. The van der Waals surface area contributed by atoms with E-state index in [1.165, 1.54) is 12.0 Å². The largest absolute Gasteiger partial charge is 0.381 e. The van der Waals surface area contributed by atoms with Crippen molar-refractivity contribution in [3.05, 3.63) is 35.9 Å². The molecule has 0 saturated heterocycles. The Morgan fingerprint density at radius 3 is 2.71 bits per heavy atom. The molecular formula is C15H25NO. The normalized spacial score (nSPS) is 12.6. The summed E-state index contributed by atoms with van der Waals surface area (Å²) in [6, 6.07) is 10.5. The van der Waals surface area contributed by atoms with Crippen LogP contribution in [0.4, 0.5) is 0 Å². The van der Waals surface area contributed by atoms with Gasteiger partial charge < -0.3 is 10.1 Å². The Labute approximate surface area is 105 Å². The lowest BCUT2D eigenvalue weighted by molar-refractivity contribution is 0.107. The highest BCUT2D eigenvalue weighted by Crippen LogP contribution is 2.01. The maximum absolute atomic E-state index is 5.69. The van der Waals surface area contributed by atoms with Crippen LogP contribution in [-0.2, 0) is 11.2 Å². The molecule has 1 N–H and O–H groups in total. The summed E-state index contributed by atoms with van der Waals surface area (Å²) < 4.78 is 5.69. The van der Waals surface area contributed by atoms with Crippen molar-refractivity contribution in [2.75, 3.05) is 26.3 Å². The fourth-order valence-corrected chi connectivity index (χ4v) is 1.70. The maximum Gasteiger partial charge on any atom is 0.0506 e. The van der Waals surface area contributed by atoms with Gasteiger partial charge in [0.2, 0.25) is 0 Å². The molecule has 2 heteroatoms. The highest BCUT2D eigenvalue weighted by atomic mass is 16.5. The topological polar surface area (TPSA) is 21.3 Å². The molecule has 1 rings (SSSR count). The Morgan fingerprint density at radius 2 is 2.00 bits per heavy atom. The molecule has 96 valence electrons. The van der Waals surface area contributed by atoms with Gasteiger partial charge in [0.25, 0.3) is 0 Å². The minimum Gasteiger partial charge on any atom is -0.381 e. The first kappa shape index (κ1) is 14.2. The monoisotopic (exact) mass is 235 g/mol. The Hall–Kier alpha value is -0.860. The molecule has 0 aromatic heterocycles. The van der Waals surface area contributed by atoms with Gasteiger partial charge in [0.15, 0.2) is 0 Å². The first-order valence-corrected chi connectivity index (χ1v) is 6.65. The van der Waals surface area contributed by atoms with Crippen molar-refractivity contribution in [3.8, 4) is 0 Å². The van der Waals surface area contributed by atoms with Gasteiger partial charge in [-0.1, -0.05) is 44.2 Å². The molecule has 1 aromatic rings. The molecule has 1 aromatic carbocycles. The lowest BCUT2D eigenvalue weighted by Crippen LogP contribution is -2.25. The van der Waals surface area contributed by atoms with Gasteiger partial charge in [0, 0.05) is 0 Å². The molecule has 2 nitrogen and oxygen atoms in total. The van der Waals surface area contributed by atoms with Crippen molar-refractivity contribution in [2.45, 2.75) is 26.7 Å². The molecule has 0 heterocycles. The zero-order valence-electron chi connectivity index (χ0n) is 11.1. The minimum atomic E-state index is 0.595. The highest BCUT2D eigenvalue weighted by molar-refractivity contribution is 5.14. The van der Waals surface area contributed by atoms with E-state index in [1.807, 2.05) is 6.07 Å². The molecule has 0 aliphatic rings. The fraction of sp³-hybridized carbons (Fsp3) is 0.600. The predicted octanol–water partition coefficient (Wildman–Crippen LogP) is 2.88. The standard InChI is InChI=1S/C15H25NO/c1-3-10-16-12-14(2)13-17-11-9-15-7-5-4-6-8-15/h4-8,14,16H,3,9-13H2,1-2H3. The zero-order chi connectivity index (χ0) is 12.3. The molecule has 0 spiro atoms. The summed E-state index contributed by atoms with van der Waals surface area (Å²) in [6.45, 7) is 8.25. The minimum absolute atomic E-state index is 0.595. The van der Waals surface area contributed by atoms with Crippen molar-refractivity contribution in [2.24, 2.45) is 5.92 Å². The fourth-order valence-electron chi connectivity index (χ4n) is 1.70. The third-order valence-electron chi connectivity index (χ3n) is 2.70. The molecule has 1 atom stereocenters. The highest BCUT2D eigenvalue weighted by Gasteiger charge is 2.01. The Morgan fingerprint density at radius 1 is 1.24 bits per heavy atom. The lowest BCUT2D eigenvalue weighted by Gasteiger charge is -2.12. The van der Waals surface area contributed by atoms with E-state index in [2.05, 4.69) is 43.4 Å². The summed E-state index contributed by atoms with van der Waals surface area (Å²) in [6.07, 6.45) is 2.21. The van der Waals surface area contributed by atoms with Crippen molar-refractivity contribution >= 4 is 0 Å². The average molecular weight is 235 g/mol. The van der Waals surface area contributed by atoms with Gasteiger partial charge in [-0.05, 0) is 37.4 Å². The number of rotatable bonds is 9. The second-order valence-corrected chi connectivity index (χ2v) is 4.62. The first-order chi connectivity index (χ1) is 8.33. The number of hydrogen-bond acceptors (Lipinski definition) is 2. The van der Waals surface area contributed by atoms with E-state index < -0.39 is 0 Å². The van der Waals surface area contributed by atoms with Crippen molar-refractivity contribution in [3.63, 3.8) is 0 Å². The molecule has 0 aliphatic carbocycles. The van der Waals surface area contributed by atoms with E-state index in [4.69, 9.17) is 4.74 Å². The molecule has 0 fully saturated rings. The van der Waals surface area contributed by atoms with Crippen LogP contribution in [0.5, 0.6) is 0 Å². The van der Waals surface area contributed by atoms with Crippen LogP contribution in [0.3, 0.4) is 0 Å². The van der Waals surface area contributed by atoms with Crippen LogP contribution in [0.25, 0.3) is 0 Å². The lowest BCUT2D eigenvalue weighted by atomic mass is 10.1. The van der Waals surface area contributed by atoms with Crippen LogP contribution in [0.2, 0.25) is 0 Å². The number of hydrogen-bond donors (Lipinski definition) is 1. The first-order valence-electron chi connectivity index (χ1n) is 6.65. The third-order valence-corrected chi connectivity index (χ3v) is 2.70. The van der Waals surface area contributed by atoms with Gasteiger partial charge in [-0.25, -0.2) is 0 Å². The van der Waals surface area contributed by atoms with Crippen molar-refractivity contribution in [1.29, 1.82) is 0 Å². The van der Waals surface area contributed by atoms with Gasteiger partial charge in [0.05, 0.1) is 13.2 Å². The predicted molar refractivity (Wildman–Crippen MR) is 73.3 cm³/mol. The van der Waals surface area contributed by atoms with Crippen molar-refractivity contribution < 1.29 is 4.74 Å². The van der Waals surface area contributed by atoms with Crippen LogP contribution in [0.15, 0.2) is 30.3 Å². The van der Waals surface area contributed by atoms with E-state index in [-0.39, 0.29) is 0 Å².